The smallest absolute Gasteiger partial charge is 0.172 e. The van der Waals surface area contributed by atoms with Gasteiger partial charge >= 0.3 is 0 Å². The molecule has 0 aliphatic carbocycles. The third kappa shape index (κ3) is 2.20. The molecule has 1 heterocycles. The Hall–Kier alpha value is -1.19. The predicted molar refractivity (Wildman–Crippen MR) is 71.8 cm³/mol. The average Bonchev–Trinajstić information content (AvgIpc) is 2.70. The molecule has 1 fully saturated rings. The first kappa shape index (κ1) is 13.2. The monoisotopic (exact) mass is 247 g/mol. The predicted octanol–water partition coefficient (Wildman–Crippen LogP) is 2.36. The molecular formula is C15H21NO2. The molecule has 0 amide bonds. The van der Waals surface area contributed by atoms with Crippen LogP contribution in [-0.4, -0.2) is 25.0 Å². The lowest BCUT2D eigenvalue weighted by Crippen LogP contribution is -2.44. The van der Waals surface area contributed by atoms with Gasteiger partial charge in [0.2, 0.25) is 0 Å². The summed E-state index contributed by atoms with van der Waals surface area (Å²) in [5, 5.41) is 0. The van der Waals surface area contributed by atoms with E-state index in [4.69, 9.17) is 10.5 Å². The molecule has 18 heavy (non-hydrogen) atoms. The minimum Gasteiger partial charge on any atom is -0.379 e. The fourth-order valence-electron chi connectivity index (χ4n) is 2.27. The van der Waals surface area contributed by atoms with E-state index in [1.807, 2.05) is 31.2 Å². The van der Waals surface area contributed by atoms with Crippen molar-refractivity contribution in [1.29, 1.82) is 0 Å². The third-order valence-corrected chi connectivity index (χ3v) is 3.88. The minimum absolute atomic E-state index is 0.0859. The van der Waals surface area contributed by atoms with Gasteiger partial charge in [-0.2, -0.15) is 0 Å². The summed E-state index contributed by atoms with van der Waals surface area (Å²) in [5.41, 5.74) is 7.36. The Labute approximate surface area is 108 Å². The zero-order valence-electron chi connectivity index (χ0n) is 11.3. The highest BCUT2D eigenvalue weighted by molar-refractivity contribution is 6.01. The van der Waals surface area contributed by atoms with E-state index in [2.05, 4.69) is 13.8 Å². The molecule has 2 rings (SSSR count). The van der Waals surface area contributed by atoms with Gasteiger partial charge in [0.25, 0.3) is 0 Å². The highest BCUT2D eigenvalue weighted by Crippen LogP contribution is 2.31. The summed E-state index contributed by atoms with van der Waals surface area (Å²) in [5.74, 6) is 0.560. The standard InChI is InChI=1S/C15H21NO2/c1-10(2)11-4-6-12(7-5-11)14(17)15(3)9-18-8-13(15)16/h4-7,10,13H,8-9,16H2,1-3H3. The zero-order chi connectivity index (χ0) is 13.3. The van der Waals surface area contributed by atoms with E-state index in [0.717, 1.165) is 5.56 Å². The Kier molecular flexibility index (Phi) is 3.55. The molecule has 0 bridgehead atoms. The third-order valence-electron chi connectivity index (χ3n) is 3.88. The molecule has 1 aliphatic rings. The second-order valence-electron chi connectivity index (χ2n) is 5.64. The van der Waals surface area contributed by atoms with Crippen LogP contribution in [0.15, 0.2) is 24.3 Å². The minimum atomic E-state index is -0.584. The van der Waals surface area contributed by atoms with Crippen LogP contribution in [-0.2, 0) is 4.74 Å². The molecule has 1 saturated heterocycles. The largest absolute Gasteiger partial charge is 0.379 e. The van der Waals surface area contributed by atoms with E-state index in [9.17, 15) is 4.79 Å². The number of carbonyl (C=O) groups is 1. The van der Waals surface area contributed by atoms with E-state index in [1.165, 1.54) is 5.56 Å². The summed E-state index contributed by atoms with van der Waals surface area (Å²) in [7, 11) is 0. The van der Waals surface area contributed by atoms with Crippen molar-refractivity contribution in [3.05, 3.63) is 35.4 Å². The van der Waals surface area contributed by atoms with Crippen LogP contribution in [0.2, 0.25) is 0 Å². The van der Waals surface area contributed by atoms with Crippen LogP contribution in [0.5, 0.6) is 0 Å². The maximum Gasteiger partial charge on any atom is 0.172 e. The van der Waals surface area contributed by atoms with Crippen molar-refractivity contribution in [1.82, 2.24) is 0 Å². The fraction of sp³-hybridized carbons (Fsp3) is 0.533. The summed E-state index contributed by atoms with van der Waals surface area (Å²) in [6.45, 7) is 7.05. The number of carbonyl (C=O) groups excluding carboxylic acids is 1. The summed E-state index contributed by atoms with van der Waals surface area (Å²) in [4.78, 5) is 12.5. The highest BCUT2D eigenvalue weighted by atomic mass is 16.5. The van der Waals surface area contributed by atoms with Crippen LogP contribution >= 0.6 is 0 Å². The van der Waals surface area contributed by atoms with Crippen LogP contribution < -0.4 is 5.73 Å². The second kappa shape index (κ2) is 4.82. The van der Waals surface area contributed by atoms with E-state index in [0.29, 0.717) is 19.1 Å². The summed E-state index contributed by atoms with van der Waals surface area (Å²) in [6, 6.07) is 7.61. The number of rotatable bonds is 3. The van der Waals surface area contributed by atoms with Gasteiger partial charge < -0.3 is 10.5 Å². The number of ketones is 1. The zero-order valence-corrected chi connectivity index (χ0v) is 11.3. The van der Waals surface area contributed by atoms with Crippen LogP contribution in [0.3, 0.4) is 0 Å². The van der Waals surface area contributed by atoms with Crippen LogP contribution in [0, 0.1) is 5.41 Å². The van der Waals surface area contributed by atoms with Crippen molar-refractivity contribution in [2.75, 3.05) is 13.2 Å². The molecule has 0 aromatic heterocycles. The fourth-order valence-corrected chi connectivity index (χ4v) is 2.27. The van der Waals surface area contributed by atoms with Gasteiger partial charge in [0.1, 0.15) is 0 Å². The Morgan fingerprint density at radius 2 is 2.00 bits per heavy atom. The molecule has 1 aromatic carbocycles. The first-order chi connectivity index (χ1) is 8.45. The summed E-state index contributed by atoms with van der Waals surface area (Å²) >= 11 is 0. The van der Waals surface area contributed by atoms with Gasteiger partial charge in [-0.1, -0.05) is 38.1 Å². The maximum atomic E-state index is 12.5. The molecule has 0 saturated carbocycles. The SMILES string of the molecule is CC(C)c1ccc(C(=O)C2(C)COCC2N)cc1. The highest BCUT2D eigenvalue weighted by Gasteiger charge is 2.44. The lowest BCUT2D eigenvalue weighted by atomic mass is 9.78. The summed E-state index contributed by atoms with van der Waals surface area (Å²) in [6.07, 6.45) is 0. The van der Waals surface area contributed by atoms with Gasteiger partial charge in [-0.05, 0) is 18.4 Å². The lowest BCUT2D eigenvalue weighted by Gasteiger charge is -2.25. The molecule has 2 unspecified atom stereocenters. The van der Waals surface area contributed by atoms with Gasteiger partial charge in [0.15, 0.2) is 5.78 Å². The van der Waals surface area contributed by atoms with Gasteiger partial charge in [0.05, 0.1) is 18.6 Å². The van der Waals surface area contributed by atoms with E-state index in [1.54, 1.807) is 0 Å². The number of Topliss-reactive ketones (excluding diaryl/α,β-unsaturated/α-hetero) is 1. The molecular weight excluding hydrogens is 226 g/mol. The Balaban J connectivity index is 2.24. The van der Waals surface area contributed by atoms with E-state index < -0.39 is 5.41 Å². The lowest BCUT2D eigenvalue weighted by molar-refractivity contribution is 0.0767. The average molecular weight is 247 g/mol. The Morgan fingerprint density at radius 1 is 1.39 bits per heavy atom. The van der Waals surface area contributed by atoms with Gasteiger partial charge in [-0.25, -0.2) is 0 Å². The van der Waals surface area contributed by atoms with E-state index >= 15 is 0 Å². The molecule has 3 heteroatoms. The molecule has 3 nitrogen and oxygen atoms in total. The molecule has 0 spiro atoms. The number of hydrogen-bond acceptors (Lipinski definition) is 3. The first-order valence-corrected chi connectivity index (χ1v) is 6.43. The van der Waals surface area contributed by atoms with Crippen molar-refractivity contribution < 1.29 is 9.53 Å². The van der Waals surface area contributed by atoms with Gasteiger partial charge in [0, 0.05) is 11.6 Å². The van der Waals surface area contributed by atoms with Crippen molar-refractivity contribution in [2.24, 2.45) is 11.1 Å². The molecule has 1 aromatic rings. The number of ether oxygens (including phenoxy) is 1. The molecule has 1 aliphatic heterocycles. The number of nitrogens with two attached hydrogens (primary N) is 1. The topological polar surface area (TPSA) is 52.3 Å². The normalized spacial score (nSPS) is 27.7. The Bertz CT molecular complexity index is 438. The van der Waals surface area contributed by atoms with Crippen LogP contribution in [0.25, 0.3) is 0 Å². The first-order valence-electron chi connectivity index (χ1n) is 6.43. The molecule has 2 atom stereocenters. The molecule has 2 N–H and O–H groups in total. The van der Waals surface area contributed by atoms with Gasteiger partial charge in [-0.15, -0.1) is 0 Å². The maximum absolute atomic E-state index is 12.5. The van der Waals surface area contributed by atoms with Crippen LogP contribution in [0.4, 0.5) is 0 Å². The van der Waals surface area contributed by atoms with E-state index in [-0.39, 0.29) is 11.8 Å². The number of benzene rings is 1. The second-order valence-corrected chi connectivity index (χ2v) is 5.64. The van der Waals surface area contributed by atoms with Gasteiger partial charge in [-0.3, -0.25) is 4.79 Å². The van der Waals surface area contributed by atoms with Crippen molar-refractivity contribution in [3.63, 3.8) is 0 Å². The van der Waals surface area contributed by atoms with Crippen LogP contribution in [0.1, 0.15) is 42.6 Å². The van der Waals surface area contributed by atoms with Crippen molar-refractivity contribution >= 4 is 5.78 Å². The summed E-state index contributed by atoms with van der Waals surface area (Å²) < 4.78 is 5.33. The number of hydrogen-bond donors (Lipinski definition) is 1. The molecule has 98 valence electrons. The Morgan fingerprint density at radius 3 is 2.44 bits per heavy atom. The van der Waals surface area contributed by atoms with Crippen molar-refractivity contribution in [2.45, 2.75) is 32.7 Å². The van der Waals surface area contributed by atoms with Crippen molar-refractivity contribution in [3.8, 4) is 0 Å². The quantitative estimate of drug-likeness (QED) is 0.834. The molecule has 0 radical (unpaired) electrons.